The molecule has 1 aliphatic heterocycles. The Kier molecular flexibility index (Phi) is 7.87. The largest absolute Gasteiger partial charge is 0.496 e. The molecule has 4 N–H and O–H groups in total. The lowest BCUT2D eigenvalue weighted by Crippen LogP contribution is -2.48. The number of ether oxygens (including phenoxy) is 1. The summed E-state index contributed by atoms with van der Waals surface area (Å²) in [5.74, 6) is 1.60. The van der Waals surface area contributed by atoms with Gasteiger partial charge in [0.2, 0.25) is 11.9 Å². The normalized spacial score (nSPS) is 15.7. The number of likely N-dealkylation sites (N-methyl/N-ethyl adjacent to an activating group) is 1. The zero-order chi connectivity index (χ0) is 23.3. The molecule has 1 aromatic carbocycles. The number of nitrogens with zero attached hydrogens (tertiary/aromatic N) is 4. The number of nitrogens with one attached hydrogen (secondary N) is 1. The molecule has 1 aliphatic rings. The number of nitrogen functional groups attached to an aromatic ring is 1. The number of rotatable bonds is 9. The van der Waals surface area contributed by atoms with E-state index in [0.29, 0.717) is 31.1 Å². The van der Waals surface area contributed by atoms with Crippen LogP contribution in [-0.2, 0) is 11.2 Å². The number of aliphatic hydroxyl groups is 1. The highest BCUT2D eigenvalue weighted by molar-refractivity contribution is 5.95. The Morgan fingerprint density at radius 3 is 2.75 bits per heavy atom. The van der Waals surface area contributed by atoms with Crippen molar-refractivity contribution in [1.29, 1.82) is 0 Å². The molecule has 0 bridgehead atoms. The fourth-order valence-electron chi connectivity index (χ4n) is 4.00. The molecule has 9 heteroatoms. The lowest BCUT2D eigenvalue weighted by molar-refractivity contribution is -0.120. The molecule has 1 atom stereocenters. The van der Waals surface area contributed by atoms with Gasteiger partial charge in [-0.1, -0.05) is 19.4 Å². The summed E-state index contributed by atoms with van der Waals surface area (Å²) in [6, 6.07) is 5.73. The fourth-order valence-corrected chi connectivity index (χ4v) is 4.00. The van der Waals surface area contributed by atoms with Crippen LogP contribution in [-0.4, -0.2) is 72.3 Å². The maximum absolute atomic E-state index is 12.5. The van der Waals surface area contributed by atoms with Crippen molar-refractivity contribution in [2.24, 2.45) is 0 Å². The Balaban J connectivity index is 1.90. The molecule has 2 heterocycles. The summed E-state index contributed by atoms with van der Waals surface area (Å²) < 4.78 is 5.68. The lowest BCUT2D eigenvalue weighted by atomic mass is 10.0. The maximum atomic E-state index is 12.5. The monoisotopic (exact) mass is 442 g/mol. The van der Waals surface area contributed by atoms with Gasteiger partial charge < -0.3 is 25.8 Å². The van der Waals surface area contributed by atoms with E-state index in [0.717, 1.165) is 41.9 Å². The number of carbonyl (C=O) groups is 1. The summed E-state index contributed by atoms with van der Waals surface area (Å²) in [6.45, 7) is 5.87. The second-order valence-electron chi connectivity index (χ2n) is 8.26. The number of aliphatic hydroxyl groups excluding tert-OH is 1. The quantitative estimate of drug-likeness (QED) is 0.538. The van der Waals surface area contributed by atoms with Crippen molar-refractivity contribution in [3.05, 3.63) is 35.0 Å². The molecule has 9 nitrogen and oxygen atoms in total. The highest BCUT2D eigenvalue weighted by atomic mass is 16.5. The molecule has 1 fully saturated rings. The number of anilines is 3. The number of methoxy groups -OCH3 is 1. The first-order valence-corrected chi connectivity index (χ1v) is 11.0. The molecule has 3 rings (SSSR count). The fraction of sp³-hybridized carbons (Fsp3) is 0.522. The Hall–Kier alpha value is -2.91. The molecule has 1 saturated heterocycles. The predicted molar refractivity (Wildman–Crippen MR) is 126 cm³/mol. The van der Waals surface area contributed by atoms with E-state index in [9.17, 15) is 9.90 Å². The third kappa shape index (κ3) is 5.46. The van der Waals surface area contributed by atoms with Crippen LogP contribution >= 0.6 is 0 Å². The second-order valence-corrected chi connectivity index (χ2v) is 8.26. The van der Waals surface area contributed by atoms with Crippen LogP contribution in [0.1, 0.15) is 36.6 Å². The number of aromatic nitrogens is 2. The van der Waals surface area contributed by atoms with Crippen LogP contribution in [0.3, 0.4) is 0 Å². The van der Waals surface area contributed by atoms with Gasteiger partial charge in [0.25, 0.3) is 0 Å². The summed E-state index contributed by atoms with van der Waals surface area (Å²) in [5, 5.41) is 13.1. The summed E-state index contributed by atoms with van der Waals surface area (Å²) in [6.07, 6.45) is 2.28. The molecular weight excluding hydrogens is 408 g/mol. The van der Waals surface area contributed by atoms with Crippen LogP contribution in [0, 0.1) is 6.92 Å². The number of nitrogens with two attached hydrogens (primary N) is 1. The second kappa shape index (κ2) is 10.6. The van der Waals surface area contributed by atoms with E-state index in [1.54, 1.807) is 12.0 Å². The molecule has 0 spiro atoms. The first-order chi connectivity index (χ1) is 15.4. The van der Waals surface area contributed by atoms with E-state index in [-0.39, 0.29) is 24.5 Å². The highest BCUT2D eigenvalue weighted by Gasteiger charge is 2.24. The summed E-state index contributed by atoms with van der Waals surface area (Å²) in [7, 11) is 3.58. The van der Waals surface area contributed by atoms with E-state index >= 15 is 0 Å². The minimum atomic E-state index is -0.111. The third-order valence-electron chi connectivity index (χ3n) is 5.79. The first-order valence-electron chi connectivity index (χ1n) is 11.0. The van der Waals surface area contributed by atoms with Crippen LogP contribution < -0.4 is 20.7 Å². The van der Waals surface area contributed by atoms with Gasteiger partial charge in [0, 0.05) is 42.5 Å². The molecule has 2 aromatic rings. The van der Waals surface area contributed by atoms with Crippen LogP contribution in [0.4, 0.5) is 17.5 Å². The molecular formula is C23H34N6O3. The lowest BCUT2D eigenvalue weighted by Gasteiger charge is -2.32. The van der Waals surface area contributed by atoms with Crippen molar-refractivity contribution in [2.45, 2.75) is 39.2 Å². The van der Waals surface area contributed by atoms with Crippen molar-refractivity contribution in [3.63, 3.8) is 0 Å². The molecule has 174 valence electrons. The number of amides is 1. The number of hydrogen-bond acceptors (Lipinski definition) is 8. The van der Waals surface area contributed by atoms with Crippen molar-refractivity contribution in [1.82, 2.24) is 14.9 Å². The summed E-state index contributed by atoms with van der Waals surface area (Å²) >= 11 is 0. The van der Waals surface area contributed by atoms with Crippen LogP contribution in [0.5, 0.6) is 5.75 Å². The van der Waals surface area contributed by atoms with Gasteiger partial charge in [-0.25, -0.2) is 4.98 Å². The Labute approximate surface area is 189 Å². The SMILES string of the molecule is CCC[C@@H](CO)Nc1nc(N)nc(C)c1Cc1ccc(N2CCN(C)CC2=O)cc1OC. The summed E-state index contributed by atoms with van der Waals surface area (Å²) in [4.78, 5) is 25.0. The van der Waals surface area contributed by atoms with E-state index in [1.807, 2.05) is 37.1 Å². The van der Waals surface area contributed by atoms with Gasteiger partial charge in [-0.15, -0.1) is 0 Å². The van der Waals surface area contributed by atoms with Crippen molar-refractivity contribution >= 4 is 23.4 Å². The van der Waals surface area contributed by atoms with Gasteiger partial charge in [-0.2, -0.15) is 4.98 Å². The van der Waals surface area contributed by atoms with Gasteiger partial charge in [-0.05, 0) is 32.0 Å². The predicted octanol–water partition coefficient (Wildman–Crippen LogP) is 1.82. The van der Waals surface area contributed by atoms with Crippen molar-refractivity contribution < 1.29 is 14.6 Å². The molecule has 0 unspecified atom stereocenters. The average Bonchev–Trinajstić information content (AvgIpc) is 2.76. The molecule has 0 radical (unpaired) electrons. The molecule has 0 aliphatic carbocycles. The number of benzene rings is 1. The third-order valence-corrected chi connectivity index (χ3v) is 5.79. The van der Waals surface area contributed by atoms with E-state index in [4.69, 9.17) is 10.5 Å². The van der Waals surface area contributed by atoms with E-state index < -0.39 is 0 Å². The Morgan fingerprint density at radius 1 is 1.31 bits per heavy atom. The zero-order valence-corrected chi connectivity index (χ0v) is 19.4. The minimum Gasteiger partial charge on any atom is -0.496 e. The average molecular weight is 443 g/mol. The Bertz CT molecular complexity index is 952. The van der Waals surface area contributed by atoms with Crippen LogP contribution in [0.25, 0.3) is 0 Å². The minimum absolute atomic E-state index is 0.00725. The Morgan fingerprint density at radius 2 is 2.09 bits per heavy atom. The van der Waals surface area contributed by atoms with Crippen molar-refractivity contribution in [3.8, 4) is 5.75 Å². The smallest absolute Gasteiger partial charge is 0.241 e. The van der Waals surface area contributed by atoms with Gasteiger partial charge in [0.1, 0.15) is 11.6 Å². The van der Waals surface area contributed by atoms with Crippen LogP contribution in [0.15, 0.2) is 18.2 Å². The number of hydrogen-bond donors (Lipinski definition) is 3. The highest BCUT2D eigenvalue weighted by Crippen LogP contribution is 2.31. The zero-order valence-electron chi connectivity index (χ0n) is 19.4. The molecule has 32 heavy (non-hydrogen) atoms. The summed E-state index contributed by atoms with van der Waals surface area (Å²) in [5.41, 5.74) is 9.36. The molecule has 1 aromatic heterocycles. The number of carbonyl (C=O) groups excluding carboxylic acids is 1. The van der Waals surface area contributed by atoms with Gasteiger partial charge >= 0.3 is 0 Å². The van der Waals surface area contributed by atoms with Crippen molar-refractivity contribution in [2.75, 3.05) is 56.3 Å². The van der Waals surface area contributed by atoms with Crippen LogP contribution in [0.2, 0.25) is 0 Å². The molecule has 1 amide bonds. The van der Waals surface area contributed by atoms with E-state index in [1.165, 1.54) is 0 Å². The number of piperazine rings is 1. The topological polar surface area (TPSA) is 117 Å². The van der Waals surface area contributed by atoms with Gasteiger partial charge in [0.15, 0.2) is 0 Å². The first kappa shape index (κ1) is 23.7. The maximum Gasteiger partial charge on any atom is 0.241 e. The number of aryl methyl sites for hydroxylation is 1. The van der Waals surface area contributed by atoms with E-state index in [2.05, 4.69) is 22.2 Å². The standard InChI is InChI=1S/C23H34N6O3/c1-5-6-17(14-30)26-22-19(15(2)25-23(24)27-22)11-16-7-8-18(12-20(16)32-4)29-10-9-28(3)13-21(29)31/h7-8,12,17,30H,5-6,9-11,13-14H2,1-4H3,(H3,24,25,26,27)/t17-/m0/s1. The molecule has 0 saturated carbocycles. The van der Waals surface area contributed by atoms with Gasteiger partial charge in [-0.3, -0.25) is 9.69 Å². The van der Waals surface area contributed by atoms with Gasteiger partial charge in [0.05, 0.1) is 26.3 Å².